The predicted molar refractivity (Wildman–Crippen MR) is 68.4 cm³/mol. The Morgan fingerprint density at radius 3 is 2.27 bits per heavy atom. The van der Waals surface area contributed by atoms with Gasteiger partial charge in [-0.3, -0.25) is 0 Å². The van der Waals surface area contributed by atoms with Crippen molar-refractivity contribution in [3.63, 3.8) is 0 Å². The quantitative estimate of drug-likeness (QED) is 0.426. The minimum atomic E-state index is 0.193. The summed E-state index contributed by atoms with van der Waals surface area (Å²) in [6, 6.07) is 0. The van der Waals surface area contributed by atoms with Crippen LogP contribution in [0, 0.1) is 30.1 Å². The van der Waals surface area contributed by atoms with Gasteiger partial charge in [-0.15, -0.1) is 12.3 Å². The largest absolute Gasteiger partial charge is 0.119 e. The van der Waals surface area contributed by atoms with Crippen LogP contribution in [0.25, 0.3) is 0 Å². The van der Waals surface area contributed by atoms with E-state index in [2.05, 4.69) is 31.6 Å². The summed E-state index contributed by atoms with van der Waals surface area (Å²) in [6.45, 7) is 4.42. The fourth-order valence-electron chi connectivity index (χ4n) is 1.45. The summed E-state index contributed by atoms with van der Waals surface area (Å²) in [5.74, 6) is 9.38. The van der Waals surface area contributed by atoms with E-state index in [1.807, 2.05) is 0 Å². The monoisotopic (exact) mass is 204 g/mol. The Bertz CT molecular complexity index is 221. The first kappa shape index (κ1) is 14.1. The summed E-state index contributed by atoms with van der Waals surface area (Å²) in [5, 5.41) is 0. The molecule has 0 aromatic heterocycles. The van der Waals surface area contributed by atoms with Crippen molar-refractivity contribution in [2.24, 2.45) is 5.92 Å². The molecule has 0 radical (unpaired) electrons. The Kier molecular flexibility index (Phi) is 10.5. The van der Waals surface area contributed by atoms with E-state index in [1.54, 1.807) is 0 Å². The number of rotatable bonds is 7. The normalized spacial score (nSPS) is 11.3. The van der Waals surface area contributed by atoms with Gasteiger partial charge in [-0.25, -0.2) is 0 Å². The van der Waals surface area contributed by atoms with Crippen LogP contribution in [-0.4, -0.2) is 0 Å². The van der Waals surface area contributed by atoms with Crippen LogP contribution in [0.4, 0.5) is 0 Å². The Labute approximate surface area is 95.8 Å². The summed E-state index contributed by atoms with van der Waals surface area (Å²) in [4.78, 5) is 0. The zero-order valence-electron chi connectivity index (χ0n) is 10.3. The van der Waals surface area contributed by atoms with E-state index in [0.29, 0.717) is 0 Å². The van der Waals surface area contributed by atoms with Gasteiger partial charge in [0.2, 0.25) is 0 Å². The smallest absolute Gasteiger partial charge is 0.0808 e. The van der Waals surface area contributed by atoms with Crippen LogP contribution >= 0.6 is 0 Å². The van der Waals surface area contributed by atoms with Gasteiger partial charge in [-0.1, -0.05) is 57.8 Å². The summed E-state index contributed by atoms with van der Waals surface area (Å²) in [6.07, 6.45) is 15.0. The van der Waals surface area contributed by atoms with E-state index in [1.165, 1.54) is 38.5 Å². The van der Waals surface area contributed by atoms with Crippen LogP contribution < -0.4 is 0 Å². The Morgan fingerprint density at radius 2 is 1.67 bits per heavy atom. The maximum atomic E-state index is 5.44. The van der Waals surface area contributed by atoms with Crippen LogP contribution in [0.15, 0.2) is 0 Å². The first-order valence-electron chi connectivity index (χ1n) is 6.29. The third kappa shape index (κ3) is 9.42. The lowest BCUT2D eigenvalue weighted by molar-refractivity contribution is 0.631. The molecule has 0 aliphatic carbocycles. The molecule has 0 aliphatic heterocycles. The van der Waals surface area contributed by atoms with Crippen molar-refractivity contribution in [3.05, 3.63) is 0 Å². The van der Waals surface area contributed by atoms with Crippen molar-refractivity contribution < 1.29 is 0 Å². The molecule has 0 bridgehead atoms. The topological polar surface area (TPSA) is 0 Å². The highest BCUT2D eigenvalue weighted by Crippen LogP contribution is 2.08. The third-order valence-corrected chi connectivity index (χ3v) is 2.48. The van der Waals surface area contributed by atoms with Crippen molar-refractivity contribution in [1.29, 1.82) is 0 Å². The molecular formula is C15H24. The van der Waals surface area contributed by atoms with Gasteiger partial charge in [0.1, 0.15) is 0 Å². The van der Waals surface area contributed by atoms with E-state index in [0.717, 1.165) is 12.8 Å². The van der Waals surface area contributed by atoms with Gasteiger partial charge < -0.3 is 0 Å². The first-order chi connectivity index (χ1) is 7.35. The molecule has 0 spiro atoms. The van der Waals surface area contributed by atoms with E-state index in [-0.39, 0.29) is 5.92 Å². The highest BCUT2D eigenvalue weighted by molar-refractivity contribution is 5.14. The van der Waals surface area contributed by atoms with Crippen LogP contribution in [0.5, 0.6) is 0 Å². The lowest BCUT2D eigenvalue weighted by atomic mass is 10.0. The molecule has 0 heteroatoms. The third-order valence-electron chi connectivity index (χ3n) is 2.48. The van der Waals surface area contributed by atoms with E-state index in [4.69, 9.17) is 6.42 Å². The summed E-state index contributed by atoms with van der Waals surface area (Å²) in [7, 11) is 0. The average molecular weight is 204 g/mol. The standard InChI is InChI=1S/C15H24/c1-4-7-9-10-12-14-15(6-3)13-11-8-5-2/h3,15H,4-5,7-11,13H2,1-2H3. The molecule has 0 N–H and O–H groups in total. The van der Waals surface area contributed by atoms with Crippen molar-refractivity contribution in [2.45, 2.75) is 65.2 Å². The molecule has 0 saturated heterocycles. The minimum absolute atomic E-state index is 0.193. The number of terminal acetylenes is 1. The van der Waals surface area contributed by atoms with Gasteiger partial charge >= 0.3 is 0 Å². The molecule has 0 heterocycles. The molecule has 0 aliphatic rings. The van der Waals surface area contributed by atoms with Crippen LogP contribution in [-0.2, 0) is 0 Å². The second-order valence-electron chi connectivity index (χ2n) is 3.99. The zero-order chi connectivity index (χ0) is 11.4. The van der Waals surface area contributed by atoms with Gasteiger partial charge in [0.05, 0.1) is 5.92 Å². The van der Waals surface area contributed by atoms with Crippen LogP contribution in [0.2, 0.25) is 0 Å². The lowest BCUT2D eigenvalue weighted by Crippen LogP contribution is -1.92. The Balaban J connectivity index is 3.63. The molecule has 0 fully saturated rings. The number of unbranched alkanes of at least 4 members (excludes halogenated alkanes) is 5. The molecule has 0 amide bonds. The van der Waals surface area contributed by atoms with Crippen molar-refractivity contribution in [1.82, 2.24) is 0 Å². The maximum Gasteiger partial charge on any atom is 0.0808 e. The van der Waals surface area contributed by atoms with Crippen molar-refractivity contribution >= 4 is 0 Å². The molecule has 1 atom stereocenters. The molecule has 84 valence electrons. The lowest BCUT2D eigenvalue weighted by Gasteiger charge is -2.01. The highest BCUT2D eigenvalue weighted by Gasteiger charge is 1.98. The van der Waals surface area contributed by atoms with Gasteiger partial charge in [-0.2, -0.15) is 0 Å². The molecule has 0 aromatic rings. The molecule has 0 aromatic carbocycles. The number of hydrogen-bond acceptors (Lipinski definition) is 0. The van der Waals surface area contributed by atoms with Gasteiger partial charge in [-0.05, 0) is 12.8 Å². The number of hydrogen-bond donors (Lipinski definition) is 0. The highest BCUT2D eigenvalue weighted by atomic mass is 14.0. The fraction of sp³-hybridized carbons (Fsp3) is 0.733. The van der Waals surface area contributed by atoms with Gasteiger partial charge in [0, 0.05) is 6.42 Å². The SMILES string of the molecule is C#CC(C#CCCCCC)CCCCC. The van der Waals surface area contributed by atoms with Crippen molar-refractivity contribution in [3.8, 4) is 24.2 Å². The zero-order valence-corrected chi connectivity index (χ0v) is 10.3. The average Bonchev–Trinajstić information content (AvgIpc) is 2.26. The second-order valence-corrected chi connectivity index (χ2v) is 3.99. The summed E-state index contributed by atoms with van der Waals surface area (Å²) in [5.41, 5.74) is 0. The molecule has 0 rings (SSSR count). The molecule has 15 heavy (non-hydrogen) atoms. The molecule has 1 unspecified atom stereocenters. The van der Waals surface area contributed by atoms with Crippen LogP contribution in [0.1, 0.15) is 65.2 Å². The van der Waals surface area contributed by atoms with Crippen molar-refractivity contribution in [2.75, 3.05) is 0 Å². The minimum Gasteiger partial charge on any atom is -0.119 e. The van der Waals surface area contributed by atoms with Gasteiger partial charge in [0.25, 0.3) is 0 Å². The predicted octanol–water partition coefficient (Wildman–Crippen LogP) is 4.40. The van der Waals surface area contributed by atoms with E-state index in [9.17, 15) is 0 Å². The van der Waals surface area contributed by atoms with Gasteiger partial charge in [0.15, 0.2) is 0 Å². The van der Waals surface area contributed by atoms with Crippen LogP contribution in [0.3, 0.4) is 0 Å². The molecular weight excluding hydrogens is 180 g/mol. The summed E-state index contributed by atoms with van der Waals surface area (Å²) >= 11 is 0. The van der Waals surface area contributed by atoms with E-state index >= 15 is 0 Å². The first-order valence-corrected chi connectivity index (χ1v) is 6.29. The Morgan fingerprint density at radius 1 is 1.00 bits per heavy atom. The summed E-state index contributed by atoms with van der Waals surface area (Å²) < 4.78 is 0. The maximum absolute atomic E-state index is 5.44. The second kappa shape index (κ2) is 11.2. The molecule has 0 nitrogen and oxygen atoms in total. The molecule has 0 saturated carbocycles. The fourth-order valence-corrected chi connectivity index (χ4v) is 1.45. The van der Waals surface area contributed by atoms with E-state index < -0.39 is 0 Å². The Hall–Kier alpha value is -0.880.